The molecule has 2 rings (SSSR count). The Morgan fingerprint density at radius 1 is 1.18 bits per heavy atom. The maximum Gasteiger partial charge on any atom is 0.422 e. The molecule has 2 N–H and O–H groups in total. The Morgan fingerprint density at radius 3 is 2.36 bits per heavy atom. The number of alkyl halides is 3. The molecule has 0 saturated carbocycles. The monoisotopic (exact) mass is 445 g/mol. The van der Waals surface area contributed by atoms with Gasteiger partial charge in [-0.05, 0) is 24.3 Å². The summed E-state index contributed by atoms with van der Waals surface area (Å²) in [4.78, 5) is 10.2. The van der Waals surface area contributed by atoms with Crippen LogP contribution in [0.25, 0.3) is 0 Å². The zero-order chi connectivity index (χ0) is 21.3. The van der Waals surface area contributed by atoms with Gasteiger partial charge < -0.3 is 9.84 Å². The molecule has 0 heterocycles. The number of sulfonamides is 1. The summed E-state index contributed by atoms with van der Waals surface area (Å²) in [7, 11) is -4.53. The molecule has 13 heteroatoms. The normalized spacial score (nSPS) is 11.9. The maximum atomic E-state index is 13.8. The number of nitrogens with one attached hydrogen (secondary N) is 1. The lowest BCUT2D eigenvalue weighted by molar-refractivity contribution is -0.153. The van der Waals surface area contributed by atoms with Gasteiger partial charge in [0.2, 0.25) is 0 Å². The van der Waals surface area contributed by atoms with Gasteiger partial charge in [-0.15, -0.1) is 0 Å². The minimum Gasteiger partial charge on any atom is -0.481 e. The number of carbonyl (C=O) groups is 1. The van der Waals surface area contributed by atoms with Crippen LogP contribution in [-0.4, -0.2) is 32.3 Å². The van der Waals surface area contributed by atoms with Crippen molar-refractivity contribution in [1.82, 2.24) is 0 Å². The molecular weight excluding hydrogens is 437 g/mol. The summed E-state index contributed by atoms with van der Waals surface area (Å²) in [6.45, 7) is -1.75. The molecule has 0 saturated heterocycles. The number of anilines is 1. The zero-order valence-electron chi connectivity index (χ0n) is 13.4. The first-order chi connectivity index (χ1) is 12.8. The second-order valence-electron chi connectivity index (χ2n) is 5.23. The fourth-order valence-corrected chi connectivity index (χ4v) is 3.32. The number of rotatable bonds is 6. The Bertz CT molecular complexity index is 1030. The summed E-state index contributed by atoms with van der Waals surface area (Å²) < 4.78 is 94.4. The van der Waals surface area contributed by atoms with Crippen molar-refractivity contribution in [2.45, 2.75) is 11.1 Å². The summed E-state index contributed by atoms with van der Waals surface area (Å²) in [5, 5.41) is 8.11. The first-order valence-electron chi connectivity index (χ1n) is 7.04. The predicted molar refractivity (Wildman–Crippen MR) is 87.1 cm³/mol. The van der Waals surface area contributed by atoms with Gasteiger partial charge in [-0.3, -0.25) is 4.72 Å². The fraction of sp³-hybridized carbons (Fsp3) is 0.133. The van der Waals surface area contributed by atoms with Crippen molar-refractivity contribution in [3.05, 3.63) is 52.6 Å². The predicted octanol–water partition coefficient (Wildman–Crippen LogP) is 4.06. The topological polar surface area (TPSA) is 92.7 Å². The van der Waals surface area contributed by atoms with E-state index in [9.17, 15) is 35.2 Å². The summed E-state index contributed by atoms with van der Waals surface area (Å²) in [6, 6.07) is 3.37. The summed E-state index contributed by atoms with van der Waals surface area (Å²) >= 11 is 5.49. The maximum absolute atomic E-state index is 13.8. The highest BCUT2D eigenvalue weighted by molar-refractivity contribution is 7.92. The summed E-state index contributed by atoms with van der Waals surface area (Å²) in [5.74, 6) is -5.16. The SMILES string of the molecule is O=C(O)c1cc(S(=O)(=O)Nc2ccc(OCC(F)(F)F)c(F)c2)cc(Cl)c1F. The molecule has 2 aromatic carbocycles. The molecule has 0 radical (unpaired) electrons. The third-order valence-corrected chi connectivity index (χ3v) is 4.75. The molecule has 152 valence electrons. The zero-order valence-corrected chi connectivity index (χ0v) is 14.9. The van der Waals surface area contributed by atoms with Crippen molar-refractivity contribution in [2.24, 2.45) is 0 Å². The van der Waals surface area contributed by atoms with E-state index in [2.05, 4.69) is 4.74 Å². The van der Waals surface area contributed by atoms with E-state index in [1.807, 2.05) is 4.72 Å². The number of aromatic carboxylic acids is 1. The van der Waals surface area contributed by atoms with Crippen molar-refractivity contribution < 1.29 is 45.0 Å². The van der Waals surface area contributed by atoms with Crippen LogP contribution in [0.15, 0.2) is 35.2 Å². The Hall–Kier alpha value is -2.60. The van der Waals surface area contributed by atoms with Gasteiger partial charge in [-0.25, -0.2) is 22.0 Å². The Kier molecular flexibility index (Phi) is 6.04. The second-order valence-corrected chi connectivity index (χ2v) is 7.32. The lowest BCUT2D eigenvalue weighted by atomic mass is 10.2. The summed E-state index contributed by atoms with van der Waals surface area (Å²) in [5.41, 5.74) is -1.41. The number of carboxylic acid groups (broad SMARTS) is 1. The van der Waals surface area contributed by atoms with Crippen LogP contribution in [0.1, 0.15) is 10.4 Å². The van der Waals surface area contributed by atoms with E-state index in [4.69, 9.17) is 16.7 Å². The highest BCUT2D eigenvalue weighted by Gasteiger charge is 2.29. The molecule has 0 unspecified atom stereocenters. The molecule has 0 fully saturated rings. The summed E-state index contributed by atoms with van der Waals surface area (Å²) in [6.07, 6.45) is -4.70. The van der Waals surface area contributed by atoms with Gasteiger partial charge in [-0.2, -0.15) is 13.2 Å². The molecular formula is C15H9ClF5NO5S. The van der Waals surface area contributed by atoms with Gasteiger partial charge in [-0.1, -0.05) is 11.6 Å². The van der Waals surface area contributed by atoms with Crippen LogP contribution in [0.3, 0.4) is 0 Å². The van der Waals surface area contributed by atoms with E-state index < -0.39 is 67.3 Å². The molecule has 2 aromatic rings. The quantitative estimate of drug-likeness (QED) is 0.654. The van der Waals surface area contributed by atoms with Gasteiger partial charge in [0, 0.05) is 6.07 Å². The molecule has 0 aliphatic heterocycles. The first-order valence-corrected chi connectivity index (χ1v) is 8.90. The number of hydrogen-bond acceptors (Lipinski definition) is 4. The number of ether oxygens (including phenoxy) is 1. The molecule has 0 bridgehead atoms. The van der Waals surface area contributed by atoms with Crippen LogP contribution in [0.5, 0.6) is 5.75 Å². The van der Waals surface area contributed by atoms with Crippen molar-refractivity contribution in [3.63, 3.8) is 0 Å². The van der Waals surface area contributed by atoms with E-state index in [-0.39, 0.29) is 0 Å². The molecule has 0 amide bonds. The Morgan fingerprint density at radius 2 is 1.82 bits per heavy atom. The standard InChI is InChI=1S/C15H9ClF5NO5S/c16-10-5-8(4-9(13(10)18)14(23)24)28(25,26)22-7-1-2-12(11(17)3-7)27-6-15(19,20)21/h1-5,22H,6H2,(H,23,24). The van der Waals surface area contributed by atoms with Crippen molar-refractivity contribution in [1.29, 1.82) is 0 Å². The fourth-order valence-electron chi connectivity index (χ4n) is 1.93. The Labute approximate surface area is 159 Å². The van der Waals surface area contributed by atoms with Crippen LogP contribution >= 0.6 is 11.6 Å². The van der Waals surface area contributed by atoms with E-state index >= 15 is 0 Å². The van der Waals surface area contributed by atoms with E-state index in [0.29, 0.717) is 18.2 Å². The van der Waals surface area contributed by atoms with Crippen LogP contribution in [-0.2, 0) is 10.0 Å². The lowest BCUT2D eigenvalue weighted by Gasteiger charge is -2.12. The van der Waals surface area contributed by atoms with Crippen LogP contribution in [0, 0.1) is 11.6 Å². The second kappa shape index (κ2) is 7.80. The highest BCUT2D eigenvalue weighted by Crippen LogP contribution is 2.28. The van der Waals surface area contributed by atoms with Crippen LogP contribution < -0.4 is 9.46 Å². The molecule has 0 aromatic heterocycles. The number of benzene rings is 2. The van der Waals surface area contributed by atoms with E-state index in [1.54, 1.807) is 0 Å². The van der Waals surface area contributed by atoms with Crippen LogP contribution in [0.2, 0.25) is 5.02 Å². The van der Waals surface area contributed by atoms with E-state index in [1.165, 1.54) is 0 Å². The highest BCUT2D eigenvalue weighted by atomic mass is 35.5. The van der Waals surface area contributed by atoms with Crippen molar-refractivity contribution >= 4 is 33.3 Å². The lowest BCUT2D eigenvalue weighted by Crippen LogP contribution is -2.19. The molecule has 0 atom stereocenters. The van der Waals surface area contributed by atoms with Gasteiger partial charge in [0.05, 0.1) is 21.2 Å². The first kappa shape index (κ1) is 21.7. The third kappa shape index (κ3) is 5.23. The average molecular weight is 446 g/mol. The van der Waals surface area contributed by atoms with Gasteiger partial charge in [0.1, 0.15) is 0 Å². The Balaban J connectivity index is 2.30. The minimum atomic E-state index is -4.70. The largest absolute Gasteiger partial charge is 0.481 e. The van der Waals surface area contributed by atoms with Gasteiger partial charge in [0.15, 0.2) is 24.0 Å². The molecule has 6 nitrogen and oxygen atoms in total. The number of hydrogen-bond donors (Lipinski definition) is 2. The number of carboxylic acids is 1. The molecule has 0 aliphatic carbocycles. The van der Waals surface area contributed by atoms with Crippen molar-refractivity contribution in [2.75, 3.05) is 11.3 Å². The number of halogens is 6. The molecule has 0 spiro atoms. The third-order valence-electron chi connectivity index (χ3n) is 3.12. The van der Waals surface area contributed by atoms with Crippen molar-refractivity contribution in [3.8, 4) is 5.75 Å². The van der Waals surface area contributed by atoms with Gasteiger partial charge >= 0.3 is 12.1 Å². The smallest absolute Gasteiger partial charge is 0.422 e. The molecule has 0 aliphatic rings. The molecule has 28 heavy (non-hydrogen) atoms. The average Bonchev–Trinajstić information content (AvgIpc) is 2.54. The van der Waals surface area contributed by atoms with Gasteiger partial charge in [0.25, 0.3) is 10.0 Å². The minimum absolute atomic E-state index is 0.408. The van der Waals surface area contributed by atoms with Crippen LogP contribution in [0.4, 0.5) is 27.6 Å². The van der Waals surface area contributed by atoms with E-state index in [0.717, 1.165) is 12.1 Å².